The minimum absolute atomic E-state index is 0.768. The predicted octanol–water partition coefficient (Wildman–Crippen LogP) is 4.48. The zero-order chi connectivity index (χ0) is 16.7. The summed E-state index contributed by atoms with van der Waals surface area (Å²) >= 11 is 0. The van der Waals surface area contributed by atoms with Gasteiger partial charge in [-0.05, 0) is 55.8 Å². The third-order valence-corrected chi connectivity index (χ3v) is 4.17. The molecule has 0 amide bonds. The van der Waals surface area contributed by atoms with E-state index in [9.17, 15) is 0 Å². The molecular formula is C19H18N4O. The Morgan fingerprint density at radius 1 is 1.04 bits per heavy atom. The van der Waals surface area contributed by atoms with Gasteiger partial charge in [0.15, 0.2) is 0 Å². The summed E-state index contributed by atoms with van der Waals surface area (Å²) in [6.45, 7) is 4.06. The lowest BCUT2D eigenvalue weighted by atomic mass is 10.1. The highest BCUT2D eigenvalue weighted by atomic mass is 16.5. The number of methoxy groups -OCH3 is 1. The van der Waals surface area contributed by atoms with Gasteiger partial charge in [-0.3, -0.25) is 0 Å². The lowest BCUT2D eigenvalue weighted by Crippen LogP contribution is -1.97. The number of nitrogens with one attached hydrogen (secondary N) is 2. The topological polar surface area (TPSA) is 62.8 Å². The summed E-state index contributed by atoms with van der Waals surface area (Å²) in [4.78, 5) is 12.1. The summed E-state index contributed by atoms with van der Waals surface area (Å²) in [5.41, 5.74) is 5.21. The van der Waals surface area contributed by atoms with Crippen molar-refractivity contribution in [1.29, 1.82) is 0 Å². The Balaban J connectivity index is 1.80. The van der Waals surface area contributed by atoms with E-state index in [1.165, 1.54) is 5.39 Å². The minimum atomic E-state index is 0.768. The van der Waals surface area contributed by atoms with Gasteiger partial charge in [0.25, 0.3) is 0 Å². The van der Waals surface area contributed by atoms with E-state index in [-0.39, 0.29) is 0 Å². The fourth-order valence-corrected chi connectivity index (χ4v) is 3.00. The number of hydrogen-bond acceptors (Lipinski definition) is 4. The number of aromatic amines is 1. The molecule has 2 aromatic carbocycles. The molecule has 0 spiro atoms. The van der Waals surface area contributed by atoms with E-state index in [4.69, 9.17) is 4.74 Å². The van der Waals surface area contributed by atoms with Crippen LogP contribution in [0.1, 0.15) is 11.3 Å². The van der Waals surface area contributed by atoms with Gasteiger partial charge in [-0.1, -0.05) is 0 Å². The average molecular weight is 318 g/mol. The van der Waals surface area contributed by atoms with Crippen molar-refractivity contribution < 1.29 is 4.74 Å². The lowest BCUT2D eigenvalue weighted by Gasteiger charge is -2.11. The van der Waals surface area contributed by atoms with Crippen LogP contribution in [0.5, 0.6) is 5.75 Å². The first-order valence-corrected chi connectivity index (χ1v) is 7.80. The summed E-state index contributed by atoms with van der Waals surface area (Å²) in [5, 5.41) is 5.50. The van der Waals surface area contributed by atoms with Crippen LogP contribution in [0.25, 0.3) is 21.8 Å². The van der Waals surface area contributed by atoms with Crippen molar-refractivity contribution in [2.75, 3.05) is 12.4 Å². The third kappa shape index (κ3) is 2.44. The maximum absolute atomic E-state index is 5.43. The van der Waals surface area contributed by atoms with E-state index in [2.05, 4.69) is 45.4 Å². The highest BCUT2D eigenvalue weighted by Gasteiger charge is 2.09. The molecule has 0 fully saturated rings. The number of rotatable bonds is 3. The second kappa shape index (κ2) is 5.53. The number of ether oxygens (including phenoxy) is 1. The van der Waals surface area contributed by atoms with Gasteiger partial charge in [0.05, 0.1) is 12.6 Å². The van der Waals surface area contributed by atoms with Gasteiger partial charge in [0.1, 0.15) is 17.9 Å². The summed E-state index contributed by atoms with van der Waals surface area (Å²) in [6.07, 6.45) is 1.58. The second-order valence-corrected chi connectivity index (χ2v) is 5.94. The highest BCUT2D eigenvalue weighted by molar-refractivity contribution is 5.93. The molecule has 0 aliphatic carbocycles. The molecule has 0 aliphatic rings. The Bertz CT molecular complexity index is 1050. The van der Waals surface area contributed by atoms with Crippen LogP contribution in [-0.4, -0.2) is 22.1 Å². The standard InChI is InChI=1S/C19H18N4O/c1-11-6-17-15(9-18(11)24-3)19(21-10-20-17)23-14-4-5-16-13(8-14)7-12(2)22-16/h4-10,22H,1-3H3,(H,20,21,23). The Kier molecular flexibility index (Phi) is 3.34. The molecule has 0 radical (unpaired) electrons. The lowest BCUT2D eigenvalue weighted by molar-refractivity contribution is 0.412. The first-order chi connectivity index (χ1) is 11.6. The van der Waals surface area contributed by atoms with Gasteiger partial charge in [0.2, 0.25) is 0 Å². The number of aromatic nitrogens is 3. The molecule has 0 atom stereocenters. The molecule has 2 N–H and O–H groups in total. The van der Waals surface area contributed by atoms with Crippen molar-refractivity contribution in [3.63, 3.8) is 0 Å². The van der Waals surface area contributed by atoms with Crippen molar-refractivity contribution in [1.82, 2.24) is 15.0 Å². The quantitative estimate of drug-likeness (QED) is 0.584. The molecule has 4 rings (SSSR count). The van der Waals surface area contributed by atoms with Crippen LogP contribution in [0, 0.1) is 13.8 Å². The Labute approximate surface area is 139 Å². The molecular weight excluding hydrogens is 300 g/mol. The van der Waals surface area contributed by atoms with Crippen molar-refractivity contribution in [2.45, 2.75) is 13.8 Å². The highest BCUT2D eigenvalue weighted by Crippen LogP contribution is 2.30. The fourth-order valence-electron chi connectivity index (χ4n) is 3.00. The molecule has 0 saturated carbocycles. The zero-order valence-electron chi connectivity index (χ0n) is 13.8. The van der Waals surface area contributed by atoms with E-state index < -0.39 is 0 Å². The number of fused-ring (bicyclic) bond motifs is 2. The molecule has 0 bridgehead atoms. The van der Waals surface area contributed by atoms with Gasteiger partial charge >= 0.3 is 0 Å². The smallest absolute Gasteiger partial charge is 0.141 e. The van der Waals surface area contributed by atoms with Crippen LogP contribution < -0.4 is 10.1 Å². The molecule has 5 nitrogen and oxygen atoms in total. The van der Waals surface area contributed by atoms with Crippen LogP contribution in [-0.2, 0) is 0 Å². The second-order valence-electron chi connectivity index (χ2n) is 5.94. The van der Waals surface area contributed by atoms with E-state index in [0.29, 0.717) is 0 Å². The molecule has 2 heterocycles. The molecule has 0 aliphatic heterocycles. The summed E-state index contributed by atoms with van der Waals surface area (Å²) in [5.74, 6) is 1.60. The monoisotopic (exact) mass is 318 g/mol. The number of nitrogens with zero attached hydrogens (tertiary/aromatic N) is 2. The van der Waals surface area contributed by atoms with E-state index >= 15 is 0 Å². The van der Waals surface area contributed by atoms with E-state index in [1.807, 2.05) is 25.1 Å². The van der Waals surface area contributed by atoms with E-state index in [0.717, 1.165) is 44.9 Å². The molecule has 0 unspecified atom stereocenters. The van der Waals surface area contributed by atoms with Crippen LogP contribution in [0.2, 0.25) is 0 Å². The SMILES string of the molecule is COc1cc2c(Nc3ccc4[nH]c(C)cc4c3)ncnc2cc1C. The molecule has 2 aromatic heterocycles. The fraction of sp³-hybridized carbons (Fsp3) is 0.158. The van der Waals surface area contributed by atoms with Gasteiger partial charge in [-0.2, -0.15) is 0 Å². The number of benzene rings is 2. The molecule has 4 aromatic rings. The molecule has 120 valence electrons. The van der Waals surface area contributed by atoms with Crippen LogP contribution in [0.15, 0.2) is 42.7 Å². The van der Waals surface area contributed by atoms with Gasteiger partial charge in [0, 0.05) is 27.7 Å². The van der Waals surface area contributed by atoms with Crippen molar-refractivity contribution in [3.05, 3.63) is 54.0 Å². The third-order valence-electron chi connectivity index (χ3n) is 4.17. The minimum Gasteiger partial charge on any atom is -0.496 e. The first kappa shape index (κ1) is 14.5. The zero-order valence-corrected chi connectivity index (χ0v) is 13.8. The molecule has 5 heteroatoms. The summed E-state index contributed by atoms with van der Waals surface area (Å²) in [6, 6.07) is 12.3. The van der Waals surface area contributed by atoms with Gasteiger partial charge in [-0.15, -0.1) is 0 Å². The Hall–Kier alpha value is -3.08. The number of aryl methyl sites for hydroxylation is 2. The van der Waals surface area contributed by atoms with E-state index in [1.54, 1.807) is 13.4 Å². The summed E-state index contributed by atoms with van der Waals surface area (Å²) < 4.78 is 5.43. The summed E-state index contributed by atoms with van der Waals surface area (Å²) in [7, 11) is 1.67. The molecule has 0 saturated heterocycles. The maximum Gasteiger partial charge on any atom is 0.141 e. The molecule has 24 heavy (non-hydrogen) atoms. The normalized spacial score (nSPS) is 11.1. The van der Waals surface area contributed by atoms with Crippen molar-refractivity contribution in [3.8, 4) is 5.75 Å². The number of anilines is 2. The van der Waals surface area contributed by atoms with Crippen molar-refractivity contribution in [2.24, 2.45) is 0 Å². The number of H-pyrrole nitrogens is 1. The van der Waals surface area contributed by atoms with Crippen LogP contribution >= 0.6 is 0 Å². The largest absolute Gasteiger partial charge is 0.496 e. The predicted molar refractivity (Wildman–Crippen MR) is 97.1 cm³/mol. The van der Waals surface area contributed by atoms with Crippen LogP contribution in [0.4, 0.5) is 11.5 Å². The van der Waals surface area contributed by atoms with Crippen LogP contribution in [0.3, 0.4) is 0 Å². The Morgan fingerprint density at radius 2 is 1.92 bits per heavy atom. The maximum atomic E-state index is 5.43. The number of hydrogen-bond donors (Lipinski definition) is 2. The Morgan fingerprint density at radius 3 is 2.75 bits per heavy atom. The van der Waals surface area contributed by atoms with Gasteiger partial charge in [-0.25, -0.2) is 9.97 Å². The average Bonchev–Trinajstić information content (AvgIpc) is 2.94. The first-order valence-electron chi connectivity index (χ1n) is 7.80. The van der Waals surface area contributed by atoms with Crippen molar-refractivity contribution >= 4 is 33.3 Å². The van der Waals surface area contributed by atoms with Gasteiger partial charge < -0.3 is 15.0 Å².